The smallest absolute Gasteiger partial charge is 0.252 e. The molecule has 1 amide bonds. The predicted octanol–water partition coefficient (Wildman–Crippen LogP) is 1.16. The van der Waals surface area contributed by atoms with Crippen molar-refractivity contribution in [2.45, 2.75) is 0 Å². The molecule has 6 nitrogen and oxygen atoms in total. The molecule has 20 heavy (non-hydrogen) atoms. The number of carbonyl (C=O) groups excluding carboxylic acids is 1. The molecule has 0 bridgehead atoms. The summed E-state index contributed by atoms with van der Waals surface area (Å²) >= 11 is 0. The summed E-state index contributed by atoms with van der Waals surface area (Å²) in [5, 5.41) is 0.0746. The molecule has 100 valence electrons. The third-order valence-corrected chi connectivity index (χ3v) is 2.92. The molecule has 0 aliphatic rings. The molecule has 0 saturated carbocycles. The van der Waals surface area contributed by atoms with Crippen molar-refractivity contribution in [2.24, 2.45) is 5.73 Å². The first-order chi connectivity index (χ1) is 9.47. The Labute approximate surface area is 110 Å². The minimum atomic E-state index is -0.810. The summed E-state index contributed by atoms with van der Waals surface area (Å²) < 4.78 is 18.6. The zero-order valence-corrected chi connectivity index (χ0v) is 10.0. The van der Waals surface area contributed by atoms with Crippen molar-refractivity contribution in [3.63, 3.8) is 0 Å². The van der Waals surface area contributed by atoms with Crippen LogP contribution in [-0.4, -0.2) is 10.9 Å². The zero-order chi connectivity index (χ0) is 14.4. The Bertz CT molecular complexity index is 933. The van der Waals surface area contributed by atoms with E-state index >= 15 is 0 Å². The summed E-state index contributed by atoms with van der Waals surface area (Å²) in [4.78, 5) is 27.3. The Morgan fingerprint density at radius 3 is 2.70 bits per heavy atom. The molecule has 0 fully saturated rings. The molecule has 7 heteroatoms. The van der Waals surface area contributed by atoms with Gasteiger partial charge in [-0.1, -0.05) is 0 Å². The number of aromatic nitrogens is 1. The molecule has 0 aliphatic carbocycles. The van der Waals surface area contributed by atoms with Gasteiger partial charge in [0.25, 0.3) is 5.91 Å². The standard InChI is InChI=1S/C13H8FN3O3/c14-5-1-2-9-6(3-5)10(18)7-4-8(12(16)19)11(15)17-13(7)20-9/h1-4H,(H2,15,17)(H2,16,19). The van der Waals surface area contributed by atoms with Crippen LogP contribution in [0.15, 0.2) is 33.5 Å². The number of hydrogen-bond acceptors (Lipinski definition) is 5. The maximum absolute atomic E-state index is 13.2. The first-order valence-corrected chi connectivity index (χ1v) is 5.60. The maximum atomic E-state index is 13.2. The second-order valence-electron chi connectivity index (χ2n) is 4.21. The van der Waals surface area contributed by atoms with Crippen molar-refractivity contribution in [2.75, 3.05) is 5.73 Å². The summed E-state index contributed by atoms with van der Waals surface area (Å²) in [7, 11) is 0. The summed E-state index contributed by atoms with van der Waals surface area (Å²) in [6.07, 6.45) is 0. The summed E-state index contributed by atoms with van der Waals surface area (Å²) in [6.45, 7) is 0. The number of primary amides is 1. The Morgan fingerprint density at radius 2 is 2.00 bits per heavy atom. The Hall–Kier alpha value is -2.96. The van der Waals surface area contributed by atoms with Gasteiger partial charge in [-0.05, 0) is 24.3 Å². The molecule has 0 unspecified atom stereocenters. The highest BCUT2D eigenvalue weighted by atomic mass is 19.1. The van der Waals surface area contributed by atoms with E-state index in [0.717, 1.165) is 12.1 Å². The highest BCUT2D eigenvalue weighted by Crippen LogP contribution is 2.21. The molecule has 1 aromatic carbocycles. The van der Waals surface area contributed by atoms with E-state index in [4.69, 9.17) is 15.9 Å². The third-order valence-electron chi connectivity index (χ3n) is 2.92. The summed E-state index contributed by atoms with van der Waals surface area (Å²) in [6, 6.07) is 4.75. The van der Waals surface area contributed by atoms with Crippen LogP contribution in [0.3, 0.4) is 0 Å². The van der Waals surface area contributed by atoms with Crippen LogP contribution in [0.25, 0.3) is 22.1 Å². The molecule has 0 radical (unpaired) electrons. The highest BCUT2D eigenvalue weighted by Gasteiger charge is 2.15. The monoisotopic (exact) mass is 273 g/mol. The van der Waals surface area contributed by atoms with Crippen molar-refractivity contribution in [1.29, 1.82) is 0 Å². The van der Waals surface area contributed by atoms with E-state index in [-0.39, 0.29) is 33.5 Å². The molecule has 0 atom stereocenters. The number of nitrogens with two attached hydrogens (primary N) is 2. The third kappa shape index (κ3) is 1.68. The number of carbonyl (C=O) groups is 1. The number of fused-ring (bicyclic) bond motifs is 2. The lowest BCUT2D eigenvalue weighted by molar-refractivity contribution is 0.100. The van der Waals surface area contributed by atoms with Gasteiger partial charge in [-0.25, -0.2) is 4.39 Å². The second kappa shape index (κ2) is 4.02. The fourth-order valence-corrected chi connectivity index (χ4v) is 1.97. The number of amides is 1. The highest BCUT2D eigenvalue weighted by molar-refractivity contribution is 6.01. The van der Waals surface area contributed by atoms with E-state index in [1.807, 2.05) is 0 Å². The molecule has 3 rings (SSSR count). The first-order valence-electron chi connectivity index (χ1n) is 5.60. The molecular formula is C13H8FN3O3. The average Bonchev–Trinajstić information content (AvgIpc) is 2.39. The fourth-order valence-electron chi connectivity index (χ4n) is 1.97. The van der Waals surface area contributed by atoms with Gasteiger partial charge < -0.3 is 15.9 Å². The number of anilines is 1. The van der Waals surface area contributed by atoms with Gasteiger partial charge in [0.15, 0.2) is 0 Å². The van der Waals surface area contributed by atoms with Crippen molar-refractivity contribution in [1.82, 2.24) is 4.98 Å². The minimum Gasteiger partial charge on any atom is -0.437 e. The molecule has 0 saturated heterocycles. The molecule has 4 N–H and O–H groups in total. The molecule has 0 spiro atoms. The van der Waals surface area contributed by atoms with Crippen LogP contribution in [0.2, 0.25) is 0 Å². The van der Waals surface area contributed by atoms with Gasteiger partial charge in [-0.15, -0.1) is 0 Å². The quantitative estimate of drug-likeness (QED) is 0.646. The lowest BCUT2D eigenvalue weighted by Gasteiger charge is -2.04. The van der Waals surface area contributed by atoms with Gasteiger partial charge in [0.2, 0.25) is 11.1 Å². The van der Waals surface area contributed by atoms with Gasteiger partial charge in [-0.2, -0.15) is 4.98 Å². The SMILES string of the molecule is NC(=O)c1cc2c(=O)c3cc(F)ccc3oc2nc1N. The Balaban J connectivity index is 2.51. The molecule has 3 aromatic rings. The maximum Gasteiger partial charge on any atom is 0.252 e. The lowest BCUT2D eigenvalue weighted by Crippen LogP contribution is -2.16. The van der Waals surface area contributed by atoms with Gasteiger partial charge in [0.05, 0.1) is 16.3 Å². The van der Waals surface area contributed by atoms with Gasteiger partial charge in [0.1, 0.15) is 17.2 Å². The predicted molar refractivity (Wildman–Crippen MR) is 70.7 cm³/mol. The van der Waals surface area contributed by atoms with Crippen molar-refractivity contribution in [3.05, 3.63) is 45.9 Å². The molecule has 2 aromatic heterocycles. The normalized spacial score (nSPS) is 11.1. The average molecular weight is 273 g/mol. The topological polar surface area (TPSA) is 112 Å². The number of pyridine rings is 1. The van der Waals surface area contributed by atoms with Gasteiger partial charge >= 0.3 is 0 Å². The van der Waals surface area contributed by atoms with E-state index in [9.17, 15) is 14.0 Å². The summed E-state index contributed by atoms with van der Waals surface area (Å²) in [5.74, 6) is -1.51. The van der Waals surface area contributed by atoms with E-state index in [0.29, 0.717) is 0 Å². The molecular weight excluding hydrogens is 265 g/mol. The fraction of sp³-hybridized carbons (Fsp3) is 0. The van der Waals surface area contributed by atoms with E-state index in [1.54, 1.807) is 0 Å². The molecule has 0 aliphatic heterocycles. The van der Waals surface area contributed by atoms with E-state index < -0.39 is 17.2 Å². The van der Waals surface area contributed by atoms with Gasteiger partial charge in [-0.3, -0.25) is 9.59 Å². The van der Waals surface area contributed by atoms with Crippen LogP contribution in [0.4, 0.5) is 10.2 Å². The van der Waals surface area contributed by atoms with Gasteiger partial charge in [0, 0.05) is 0 Å². The minimum absolute atomic E-state index is 0.0195. The first kappa shape index (κ1) is 12.1. The zero-order valence-electron chi connectivity index (χ0n) is 10.0. The van der Waals surface area contributed by atoms with Crippen molar-refractivity contribution < 1.29 is 13.6 Å². The number of halogens is 1. The Morgan fingerprint density at radius 1 is 1.25 bits per heavy atom. The number of rotatable bonds is 1. The molecule has 2 heterocycles. The second-order valence-corrected chi connectivity index (χ2v) is 4.21. The number of benzene rings is 1. The lowest BCUT2D eigenvalue weighted by atomic mass is 10.1. The largest absolute Gasteiger partial charge is 0.437 e. The number of hydrogen-bond donors (Lipinski definition) is 2. The van der Waals surface area contributed by atoms with Crippen molar-refractivity contribution >= 4 is 33.8 Å². The van der Waals surface area contributed by atoms with Crippen molar-refractivity contribution in [3.8, 4) is 0 Å². The summed E-state index contributed by atoms with van der Waals surface area (Å²) in [5.41, 5.74) is 10.3. The Kier molecular flexibility index (Phi) is 2.43. The van der Waals surface area contributed by atoms with Crippen LogP contribution in [0.1, 0.15) is 10.4 Å². The van der Waals surface area contributed by atoms with Crippen LogP contribution in [-0.2, 0) is 0 Å². The van der Waals surface area contributed by atoms with Crippen LogP contribution in [0.5, 0.6) is 0 Å². The van der Waals surface area contributed by atoms with E-state index in [1.165, 1.54) is 12.1 Å². The number of nitrogen functional groups attached to an aromatic ring is 1. The van der Waals surface area contributed by atoms with Crippen LogP contribution in [0, 0.1) is 5.82 Å². The van der Waals surface area contributed by atoms with Crippen LogP contribution >= 0.6 is 0 Å². The van der Waals surface area contributed by atoms with Crippen LogP contribution < -0.4 is 16.9 Å². The number of nitrogens with zero attached hydrogens (tertiary/aromatic N) is 1. The van der Waals surface area contributed by atoms with E-state index in [2.05, 4.69) is 4.98 Å².